The molecule has 0 spiro atoms. The minimum atomic E-state index is -0.407. The van der Waals surface area contributed by atoms with Crippen LogP contribution in [0.15, 0.2) is 0 Å². The van der Waals surface area contributed by atoms with Crippen LogP contribution in [0.25, 0.3) is 0 Å². The predicted molar refractivity (Wildman–Crippen MR) is 71.7 cm³/mol. The lowest BCUT2D eigenvalue weighted by Crippen LogP contribution is -2.51. The molecule has 106 valence electrons. The van der Waals surface area contributed by atoms with E-state index in [2.05, 4.69) is 22.2 Å². The van der Waals surface area contributed by atoms with Crippen molar-refractivity contribution in [2.75, 3.05) is 59.5 Å². The van der Waals surface area contributed by atoms with Crippen molar-refractivity contribution in [3.05, 3.63) is 0 Å². The molecular weight excluding hydrogens is 230 g/mol. The summed E-state index contributed by atoms with van der Waals surface area (Å²) in [6.07, 6.45) is 0. The van der Waals surface area contributed by atoms with Crippen molar-refractivity contribution in [2.24, 2.45) is 0 Å². The van der Waals surface area contributed by atoms with Crippen LogP contribution in [0, 0.1) is 0 Å². The fraction of sp³-hybridized carbons (Fsp3) is 1.00. The average molecular weight is 257 g/mol. The van der Waals surface area contributed by atoms with E-state index in [0.717, 1.165) is 26.3 Å². The molecule has 2 saturated heterocycles. The Morgan fingerprint density at radius 2 is 1.72 bits per heavy atom. The Labute approximate surface area is 110 Å². The van der Waals surface area contributed by atoms with Gasteiger partial charge < -0.3 is 19.7 Å². The first-order valence-corrected chi connectivity index (χ1v) is 6.97. The number of hydrogen-bond donors (Lipinski definition) is 1. The molecule has 0 bridgehead atoms. The van der Waals surface area contributed by atoms with Crippen LogP contribution < -0.4 is 5.32 Å². The molecule has 2 rings (SSSR count). The van der Waals surface area contributed by atoms with Crippen LogP contribution in [-0.2, 0) is 9.47 Å². The average Bonchev–Trinajstić information content (AvgIpc) is 2.34. The molecule has 2 fully saturated rings. The fourth-order valence-corrected chi connectivity index (χ4v) is 2.31. The molecule has 2 aliphatic heterocycles. The summed E-state index contributed by atoms with van der Waals surface area (Å²) in [6, 6.07) is 0.338. The first-order chi connectivity index (χ1) is 8.55. The monoisotopic (exact) mass is 257 g/mol. The molecule has 5 nitrogen and oxygen atoms in total. The molecule has 0 atom stereocenters. The van der Waals surface area contributed by atoms with E-state index in [-0.39, 0.29) is 0 Å². The molecule has 0 saturated carbocycles. The van der Waals surface area contributed by atoms with Crippen LogP contribution in [0.1, 0.15) is 13.8 Å². The van der Waals surface area contributed by atoms with Gasteiger partial charge >= 0.3 is 0 Å². The Morgan fingerprint density at radius 3 is 2.33 bits per heavy atom. The molecule has 2 aliphatic rings. The quantitative estimate of drug-likeness (QED) is 0.766. The van der Waals surface area contributed by atoms with Gasteiger partial charge in [0.15, 0.2) is 5.79 Å². The Balaban J connectivity index is 1.56. The van der Waals surface area contributed by atoms with E-state index in [9.17, 15) is 0 Å². The maximum absolute atomic E-state index is 5.63. The number of nitrogens with one attached hydrogen (secondary N) is 1. The summed E-state index contributed by atoms with van der Waals surface area (Å²) < 4.78 is 11.3. The molecule has 0 aromatic carbocycles. The highest BCUT2D eigenvalue weighted by molar-refractivity contribution is 4.75. The zero-order valence-electron chi connectivity index (χ0n) is 11.9. The van der Waals surface area contributed by atoms with E-state index in [0.29, 0.717) is 6.04 Å². The smallest absolute Gasteiger partial charge is 0.162 e. The largest absolute Gasteiger partial charge is 0.349 e. The molecule has 0 radical (unpaired) electrons. The van der Waals surface area contributed by atoms with Crippen LogP contribution in [0.4, 0.5) is 0 Å². The Kier molecular flexibility index (Phi) is 4.98. The lowest BCUT2D eigenvalue weighted by molar-refractivity contribution is -0.252. The standard InChI is InChI=1S/C13H27N3O2/c1-13(2)17-10-12(11-18-13)14-4-5-16-8-6-15(3)7-9-16/h12,14H,4-11H2,1-3H3. The topological polar surface area (TPSA) is 37.0 Å². The lowest BCUT2D eigenvalue weighted by atomic mass is 10.2. The van der Waals surface area contributed by atoms with Crippen LogP contribution in [0.3, 0.4) is 0 Å². The molecule has 1 N–H and O–H groups in total. The summed E-state index contributed by atoms with van der Waals surface area (Å²) in [5.41, 5.74) is 0. The van der Waals surface area contributed by atoms with Crippen molar-refractivity contribution in [1.82, 2.24) is 15.1 Å². The highest BCUT2D eigenvalue weighted by atomic mass is 16.7. The van der Waals surface area contributed by atoms with Gasteiger partial charge in [0.2, 0.25) is 0 Å². The summed E-state index contributed by atoms with van der Waals surface area (Å²) >= 11 is 0. The van der Waals surface area contributed by atoms with Crippen molar-refractivity contribution in [3.8, 4) is 0 Å². The zero-order chi connectivity index (χ0) is 13.0. The minimum absolute atomic E-state index is 0.338. The van der Waals surface area contributed by atoms with Crippen molar-refractivity contribution in [1.29, 1.82) is 0 Å². The first-order valence-electron chi connectivity index (χ1n) is 6.97. The van der Waals surface area contributed by atoms with E-state index in [4.69, 9.17) is 9.47 Å². The van der Waals surface area contributed by atoms with Gasteiger partial charge in [0, 0.05) is 39.3 Å². The van der Waals surface area contributed by atoms with Gasteiger partial charge in [0.1, 0.15) is 0 Å². The molecule has 5 heteroatoms. The first kappa shape index (κ1) is 14.2. The number of ether oxygens (including phenoxy) is 2. The maximum atomic E-state index is 5.63. The maximum Gasteiger partial charge on any atom is 0.162 e. The normalized spacial score (nSPS) is 27.5. The van der Waals surface area contributed by atoms with Gasteiger partial charge in [0.25, 0.3) is 0 Å². The minimum Gasteiger partial charge on any atom is -0.349 e. The van der Waals surface area contributed by atoms with Gasteiger partial charge in [-0.05, 0) is 20.9 Å². The fourth-order valence-electron chi connectivity index (χ4n) is 2.31. The third-order valence-corrected chi connectivity index (χ3v) is 3.72. The summed E-state index contributed by atoms with van der Waals surface area (Å²) in [5.74, 6) is -0.407. The summed E-state index contributed by atoms with van der Waals surface area (Å²) in [7, 11) is 2.19. The van der Waals surface area contributed by atoms with Crippen molar-refractivity contribution in [2.45, 2.75) is 25.7 Å². The second kappa shape index (κ2) is 6.30. The van der Waals surface area contributed by atoms with Crippen LogP contribution in [0.5, 0.6) is 0 Å². The molecule has 2 heterocycles. The third kappa shape index (κ3) is 4.48. The second-order valence-electron chi connectivity index (χ2n) is 5.82. The highest BCUT2D eigenvalue weighted by Crippen LogP contribution is 2.16. The molecule has 0 amide bonds. The van der Waals surface area contributed by atoms with Gasteiger partial charge in [-0.15, -0.1) is 0 Å². The second-order valence-corrected chi connectivity index (χ2v) is 5.82. The number of piperazine rings is 1. The van der Waals surface area contributed by atoms with E-state index in [1.165, 1.54) is 26.2 Å². The number of rotatable bonds is 4. The van der Waals surface area contributed by atoms with Crippen LogP contribution in [-0.4, -0.2) is 81.2 Å². The van der Waals surface area contributed by atoms with E-state index >= 15 is 0 Å². The molecular formula is C13H27N3O2. The van der Waals surface area contributed by atoms with E-state index in [1.54, 1.807) is 0 Å². The number of nitrogens with zero attached hydrogens (tertiary/aromatic N) is 2. The Morgan fingerprint density at radius 1 is 1.11 bits per heavy atom. The van der Waals surface area contributed by atoms with Gasteiger partial charge in [-0.25, -0.2) is 0 Å². The highest BCUT2D eigenvalue weighted by Gasteiger charge is 2.27. The molecule has 18 heavy (non-hydrogen) atoms. The Bertz CT molecular complexity index is 243. The molecule has 0 aliphatic carbocycles. The van der Waals surface area contributed by atoms with Gasteiger partial charge in [-0.3, -0.25) is 4.90 Å². The van der Waals surface area contributed by atoms with Crippen molar-refractivity contribution in [3.63, 3.8) is 0 Å². The van der Waals surface area contributed by atoms with Gasteiger partial charge in [0.05, 0.1) is 19.3 Å². The van der Waals surface area contributed by atoms with E-state index in [1.807, 2.05) is 13.8 Å². The molecule has 0 aromatic heterocycles. The lowest BCUT2D eigenvalue weighted by Gasteiger charge is -2.36. The van der Waals surface area contributed by atoms with Crippen LogP contribution in [0.2, 0.25) is 0 Å². The van der Waals surface area contributed by atoms with Crippen molar-refractivity contribution >= 4 is 0 Å². The number of likely N-dealkylation sites (N-methyl/N-ethyl adjacent to an activating group) is 1. The van der Waals surface area contributed by atoms with Crippen molar-refractivity contribution < 1.29 is 9.47 Å². The van der Waals surface area contributed by atoms with Crippen LogP contribution >= 0.6 is 0 Å². The SMILES string of the molecule is CN1CCN(CCNC2COC(C)(C)OC2)CC1. The van der Waals surface area contributed by atoms with Gasteiger partial charge in [-0.2, -0.15) is 0 Å². The summed E-state index contributed by atoms with van der Waals surface area (Å²) in [6.45, 7) is 12.3. The predicted octanol–water partition coefficient (Wildman–Crippen LogP) is -0.0251. The molecule has 0 unspecified atom stereocenters. The third-order valence-electron chi connectivity index (χ3n) is 3.72. The van der Waals surface area contributed by atoms with E-state index < -0.39 is 5.79 Å². The summed E-state index contributed by atoms with van der Waals surface area (Å²) in [4.78, 5) is 4.90. The molecule has 0 aromatic rings. The zero-order valence-corrected chi connectivity index (χ0v) is 11.9. The summed E-state index contributed by atoms with van der Waals surface area (Å²) in [5, 5.41) is 3.51. The number of hydrogen-bond acceptors (Lipinski definition) is 5. The Hall–Kier alpha value is -0.200. The van der Waals surface area contributed by atoms with Gasteiger partial charge in [-0.1, -0.05) is 0 Å².